The van der Waals surface area contributed by atoms with Gasteiger partial charge in [-0.2, -0.15) is 5.10 Å². The van der Waals surface area contributed by atoms with Crippen LogP contribution in [0.15, 0.2) is 35.4 Å². The molecule has 0 aliphatic heterocycles. The highest BCUT2D eigenvalue weighted by Gasteiger charge is 2.33. The Morgan fingerprint density at radius 3 is 2.42 bits per heavy atom. The molecule has 1 aromatic rings. The first-order valence-corrected chi connectivity index (χ1v) is 8.81. The average Bonchev–Trinajstić information content (AvgIpc) is 2.62. The Balaban J connectivity index is 2.07. The Kier molecular flexibility index (Phi) is 6.29. The van der Waals surface area contributed by atoms with Crippen LogP contribution in [0.2, 0.25) is 0 Å². The van der Waals surface area contributed by atoms with Crippen molar-refractivity contribution in [2.24, 2.45) is 16.4 Å². The zero-order valence-electron chi connectivity index (χ0n) is 15.0. The van der Waals surface area contributed by atoms with Crippen LogP contribution in [0.1, 0.15) is 63.2 Å². The molecule has 0 aromatic heterocycles. The molecule has 0 N–H and O–H groups in total. The molecular weight excluding hydrogens is 300 g/mol. The van der Waals surface area contributed by atoms with Crippen LogP contribution < -0.4 is 0 Å². The molecular formula is C20H28N2O2. The number of rotatable bonds is 7. The molecule has 130 valence electrons. The van der Waals surface area contributed by atoms with Crippen LogP contribution >= 0.6 is 0 Å². The summed E-state index contributed by atoms with van der Waals surface area (Å²) in [6, 6.07) is 9.02. The number of carbonyl (C=O) groups excluding carboxylic acids is 2. The molecule has 1 aromatic carbocycles. The van der Waals surface area contributed by atoms with E-state index in [9.17, 15) is 9.59 Å². The van der Waals surface area contributed by atoms with Crippen molar-refractivity contribution >= 4 is 17.9 Å². The van der Waals surface area contributed by atoms with E-state index in [0.717, 1.165) is 5.71 Å². The molecule has 1 fully saturated rings. The number of hydrogen-bond donors (Lipinski definition) is 0. The molecule has 1 aliphatic carbocycles. The lowest BCUT2D eigenvalue weighted by Gasteiger charge is -2.37. The van der Waals surface area contributed by atoms with Crippen molar-refractivity contribution in [2.75, 3.05) is 6.54 Å². The monoisotopic (exact) mass is 328 g/mol. The molecule has 0 atom stereocenters. The Labute approximate surface area is 144 Å². The number of hydrogen-bond acceptors (Lipinski definition) is 3. The number of hydrazone groups is 1. The molecule has 1 saturated carbocycles. The van der Waals surface area contributed by atoms with E-state index >= 15 is 0 Å². The molecule has 1 amide bonds. The largest absolute Gasteiger partial charge is 0.292 e. The zero-order valence-corrected chi connectivity index (χ0v) is 15.0. The van der Waals surface area contributed by atoms with E-state index in [2.05, 4.69) is 18.9 Å². The first kappa shape index (κ1) is 18.4. The first-order chi connectivity index (χ1) is 11.4. The topological polar surface area (TPSA) is 49.7 Å². The minimum absolute atomic E-state index is 0.0222. The van der Waals surface area contributed by atoms with Gasteiger partial charge in [-0.05, 0) is 25.7 Å². The maximum absolute atomic E-state index is 12.3. The highest BCUT2D eigenvalue weighted by molar-refractivity contribution is 5.98. The second-order valence-electron chi connectivity index (χ2n) is 7.23. The predicted octanol–water partition coefficient (Wildman–Crippen LogP) is 4.31. The number of nitrogens with zero attached hydrogens (tertiary/aromatic N) is 2. The minimum Gasteiger partial charge on any atom is -0.292 e. The minimum atomic E-state index is -0.102. The van der Waals surface area contributed by atoms with Gasteiger partial charge in [0.05, 0.1) is 0 Å². The van der Waals surface area contributed by atoms with Crippen molar-refractivity contribution in [3.05, 3.63) is 35.9 Å². The maximum atomic E-state index is 12.3. The zero-order chi connectivity index (χ0) is 17.6. The lowest BCUT2D eigenvalue weighted by atomic mass is 9.69. The van der Waals surface area contributed by atoms with Crippen molar-refractivity contribution in [2.45, 2.75) is 52.9 Å². The Morgan fingerprint density at radius 2 is 1.83 bits per heavy atom. The highest BCUT2D eigenvalue weighted by atomic mass is 16.2. The Hall–Kier alpha value is -1.97. The second-order valence-corrected chi connectivity index (χ2v) is 7.23. The van der Waals surface area contributed by atoms with E-state index in [1.54, 1.807) is 12.1 Å². The van der Waals surface area contributed by atoms with E-state index in [-0.39, 0.29) is 17.7 Å². The van der Waals surface area contributed by atoms with Crippen LogP contribution in [-0.4, -0.2) is 29.5 Å². The Bertz CT molecular complexity index is 587. The fourth-order valence-electron chi connectivity index (χ4n) is 3.40. The van der Waals surface area contributed by atoms with Crippen LogP contribution in [0.5, 0.6) is 0 Å². The quantitative estimate of drug-likeness (QED) is 0.324. The summed E-state index contributed by atoms with van der Waals surface area (Å²) in [7, 11) is 0. The third kappa shape index (κ3) is 4.53. The van der Waals surface area contributed by atoms with Gasteiger partial charge in [-0.3, -0.25) is 9.59 Å². The number of carbonyl (C=O) groups is 2. The fraction of sp³-hybridized carbons (Fsp3) is 0.550. The molecule has 0 heterocycles. The van der Waals surface area contributed by atoms with Crippen LogP contribution in [-0.2, 0) is 4.79 Å². The van der Waals surface area contributed by atoms with Gasteiger partial charge in [0.1, 0.15) is 6.54 Å². The van der Waals surface area contributed by atoms with E-state index in [1.807, 2.05) is 25.1 Å². The smallest absolute Gasteiger partial charge is 0.230 e. The summed E-state index contributed by atoms with van der Waals surface area (Å²) >= 11 is 0. The number of amides is 1. The molecule has 4 heteroatoms. The summed E-state index contributed by atoms with van der Waals surface area (Å²) in [6.07, 6.45) is 6.92. The third-order valence-corrected chi connectivity index (χ3v) is 5.36. The lowest BCUT2D eigenvalue weighted by Crippen LogP contribution is -2.35. The van der Waals surface area contributed by atoms with Gasteiger partial charge in [0, 0.05) is 16.7 Å². The van der Waals surface area contributed by atoms with Crippen molar-refractivity contribution < 1.29 is 9.59 Å². The molecule has 0 saturated heterocycles. The summed E-state index contributed by atoms with van der Waals surface area (Å²) in [4.78, 5) is 23.7. The van der Waals surface area contributed by atoms with Crippen molar-refractivity contribution in [3.63, 3.8) is 0 Å². The molecule has 0 radical (unpaired) electrons. The van der Waals surface area contributed by atoms with Gasteiger partial charge in [0.15, 0.2) is 5.78 Å². The van der Waals surface area contributed by atoms with Crippen LogP contribution in [0.3, 0.4) is 0 Å². The summed E-state index contributed by atoms with van der Waals surface area (Å²) < 4.78 is 0. The van der Waals surface area contributed by atoms with Crippen molar-refractivity contribution in [1.29, 1.82) is 0 Å². The average molecular weight is 328 g/mol. The van der Waals surface area contributed by atoms with Gasteiger partial charge >= 0.3 is 0 Å². The van der Waals surface area contributed by atoms with Gasteiger partial charge in [0.2, 0.25) is 6.41 Å². The van der Waals surface area contributed by atoms with Gasteiger partial charge < -0.3 is 0 Å². The van der Waals surface area contributed by atoms with Gasteiger partial charge in [-0.25, -0.2) is 5.01 Å². The molecule has 2 rings (SSSR count). The van der Waals surface area contributed by atoms with Crippen LogP contribution in [0, 0.1) is 11.3 Å². The van der Waals surface area contributed by atoms with Gasteiger partial charge in [-0.1, -0.05) is 63.4 Å². The van der Waals surface area contributed by atoms with Gasteiger partial charge in [-0.15, -0.1) is 0 Å². The normalized spacial score (nSPS) is 16.7. The molecule has 24 heavy (non-hydrogen) atoms. The van der Waals surface area contributed by atoms with Crippen molar-refractivity contribution in [3.8, 4) is 0 Å². The van der Waals surface area contributed by atoms with E-state index in [1.165, 1.54) is 37.1 Å². The standard InChI is InChI=1S/C20H28N2O2/c1-16(20(2,3)18-12-8-5-9-13-18)21-22(15-23)14-19(24)17-10-6-4-7-11-17/h4,6-7,10-11,15,18H,5,8-9,12-14H2,1-3H3/b21-16-. The molecule has 0 bridgehead atoms. The number of benzene rings is 1. The van der Waals surface area contributed by atoms with Crippen LogP contribution in [0.25, 0.3) is 0 Å². The highest BCUT2D eigenvalue weighted by Crippen LogP contribution is 2.39. The molecule has 0 spiro atoms. The van der Waals surface area contributed by atoms with Crippen molar-refractivity contribution in [1.82, 2.24) is 5.01 Å². The SMILES string of the molecule is C/C(=N/N(C=O)CC(=O)c1ccccc1)C(C)(C)C1CCCCC1. The summed E-state index contributed by atoms with van der Waals surface area (Å²) in [5.41, 5.74) is 1.46. The predicted molar refractivity (Wildman–Crippen MR) is 97.0 cm³/mol. The Morgan fingerprint density at radius 1 is 1.21 bits per heavy atom. The molecule has 4 nitrogen and oxygen atoms in total. The van der Waals surface area contributed by atoms with Crippen LogP contribution in [0.4, 0.5) is 0 Å². The summed E-state index contributed by atoms with van der Waals surface area (Å²) in [5.74, 6) is 0.489. The van der Waals surface area contributed by atoms with E-state index in [0.29, 0.717) is 17.9 Å². The first-order valence-electron chi connectivity index (χ1n) is 8.81. The van der Waals surface area contributed by atoms with E-state index in [4.69, 9.17) is 0 Å². The van der Waals surface area contributed by atoms with E-state index < -0.39 is 0 Å². The molecule has 0 unspecified atom stereocenters. The van der Waals surface area contributed by atoms with Gasteiger partial charge in [0.25, 0.3) is 0 Å². The third-order valence-electron chi connectivity index (χ3n) is 5.36. The lowest BCUT2D eigenvalue weighted by molar-refractivity contribution is -0.117. The number of ketones is 1. The maximum Gasteiger partial charge on any atom is 0.230 e. The summed E-state index contributed by atoms with van der Waals surface area (Å²) in [6.45, 7) is 6.34. The molecule has 1 aliphatic rings. The summed E-state index contributed by atoms with van der Waals surface area (Å²) in [5, 5.41) is 5.70. The number of Topliss-reactive ketones (excluding diaryl/α,β-unsaturated/α-hetero) is 1. The fourth-order valence-corrected chi connectivity index (χ4v) is 3.40. The second kappa shape index (κ2) is 8.22.